The average molecular weight is 204 g/mol. The zero-order valence-corrected chi connectivity index (χ0v) is 9.23. The van der Waals surface area contributed by atoms with E-state index in [1.54, 1.807) is 0 Å². The van der Waals surface area contributed by atoms with Gasteiger partial charge in [0.2, 0.25) is 0 Å². The lowest BCUT2D eigenvalue weighted by Gasteiger charge is -2.25. The maximum absolute atomic E-state index is 5.79. The van der Waals surface area contributed by atoms with E-state index in [0.29, 0.717) is 5.92 Å². The number of anilines is 1. The summed E-state index contributed by atoms with van der Waals surface area (Å²) in [6.45, 7) is 3.13. The first kappa shape index (κ1) is 10.5. The number of nitrogens with zero attached hydrogens (tertiary/aromatic N) is 1. The van der Waals surface area contributed by atoms with Crippen LogP contribution in [0.2, 0.25) is 0 Å². The molecule has 0 spiro atoms. The van der Waals surface area contributed by atoms with E-state index >= 15 is 0 Å². The molecule has 1 aromatic carbocycles. The van der Waals surface area contributed by atoms with Gasteiger partial charge in [-0.25, -0.2) is 0 Å². The van der Waals surface area contributed by atoms with Gasteiger partial charge in [0.15, 0.2) is 0 Å². The van der Waals surface area contributed by atoms with Gasteiger partial charge in [-0.2, -0.15) is 0 Å². The predicted molar refractivity (Wildman–Crippen MR) is 65.1 cm³/mol. The van der Waals surface area contributed by atoms with Crippen LogP contribution in [0.25, 0.3) is 0 Å². The van der Waals surface area contributed by atoms with Gasteiger partial charge in [-0.3, -0.25) is 0 Å². The highest BCUT2D eigenvalue weighted by molar-refractivity contribution is 5.46. The number of benzene rings is 1. The number of rotatable bonds is 2. The molecule has 0 aromatic heterocycles. The third-order valence-electron chi connectivity index (χ3n) is 3.22. The van der Waals surface area contributed by atoms with Crippen LogP contribution in [-0.4, -0.2) is 19.6 Å². The first-order chi connectivity index (χ1) is 7.40. The fraction of sp³-hybridized carbons (Fsp3) is 0.538. The molecule has 82 valence electrons. The minimum Gasteiger partial charge on any atom is -0.371 e. The fourth-order valence-electron chi connectivity index (χ4n) is 2.30. The second kappa shape index (κ2) is 5.17. The Hall–Kier alpha value is -1.02. The van der Waals surface area contributed by atoms with E-state index in [-0.39, 0.29) is 0 Å². The van der Waals surface area contributed by atoms with Crippen molar-refractivity contribution in [3.05, 3.63) is 30.3 Å². The van der Waals surface area contributed by atoms with Crippen LogP contribution in [0, 0.1) is 5.92 Å². The lowest BCUT2D eigenvalue weighted by Crippen LogP contribution is -2.31. The molecule has 0 saturated carbocycles. The van der Waals surface area contributed by atoms with Gasteiger partial charge >= 0.3 is 0 Å². The van der Waals surface area contributed by atoms with Gasteiger partial charge in [-0.1, -0.05) is 24.6 Å². The molecular weight excluding hydrogens is 184 g/mol. The molecule has 2 nitrogen and oxygen atoms in total. The minimum atomic E-state index is 0.674. The van der Waals surface area contributed by atoms with Crippen LogP contribution in [0.5, 0.6) is 0 Å². The summed E-state index contributed by atoms with van der Waals surface area (Å²) in [6, 6.07) is 10.7. The Bertz CT molecular complexity index is 284. The predicted octanol–water partition coefficient (Wildman–Crippen LogP) is 2.25. The highest BCUT2D eigenvalue weighted by Crippen LogP contribution is 2.21. The Morgan fingerprint density at radius 3 is 2.73 bits per heavy atom. The summed E-state index contributed by atoms with van der Waals surface area (Å²) in [6.07, 6.45) is 3.91. The highest BCUT2D eigenvalue weighted by Gasteiger charge is 2.16. The summed E-state index contributed by atoms with van der Waals surface area (Å²) in [5.74, 6) is 0.674. The summed E-state index contributed by atoms with van der Waals surface area (Å²) in [7, 11) is 0. The van der Waals surface area contributed by atoms with Crippen molar-refractivity contribution in [1.29, 1.82) is 0 Å². The normalized spacial score (nSPS) is 22.5. The van der Waals surface area contributed by atoms with E-state index in [2.05, 4.69) is 35.2 Å². The maximum atomic E-state index is 5.79. The zero-order chi connectivity index (χ0) is 10.5. The number of nitrogens with two attached hydrogens (primary N) is 1. The quantitative estimate of drug-likeness (QED) is 0.800. The summed E-state index contributed by atoms with van der Waals surface area (Å²) in [5.41, 5.74) is 7.13. The average Bonchev–Trinajstić information content (AvgIpc) is 2.55. The van der Waals surface area contributed by atoms with Crippen LogP contribution < -0.4 is 10.6 Å². The molecule has 0 bridgehead atoms. The lowest BCUT2D eigenvalue weighted by atomic mass is 10.0. The van der Waals surface area contributed by atoms with Crippen molar-refractivity contribution in [3.8, 4) is 0 Å². The monoisotopic (exact) mass is 204 g/mol. The van der Waals surface area contributed by atoms with E-state index in [9.17, 15) is 0 Å². The standard InChI is InChI=1S/C13H20N2/c14-10-12-6-4-5-9-15(11-12)13-7-2-1-3-8-13/h1-3,7-8,12H,4-6,9-11,14H2. The summed E-state index contributed by atoms with van der Waals surface area (Å²) >= 11 is 0. The lowest BCUT2D eigenvalue weighted by molar-refractivity contribution is 0.508. The van der Waals surface area contributed by atoms with Crippen molar-refractivity contribution in [1.82, 2.24) is 0 Å². The van der Waals surface area contributed by atoms with E-state index in [1.807, 2.05) is 0 Å². The van der Waals surface area contributed by atoms with Crippen LogP contribution >= 0.6 is 0 Å². The molecular formula is C13H20N2. The summed E-state index contributed by atoms with van der Waals surface area (Å²) in [5, 5.41) is 0. The molecule has 1 aromatic rings. The highest BCUT2D eigenvalue weighted by atomic mass is 15.1. The first-order valence-electron chi connectivity index (χ1n) is 5.90. The van der Waals surface area contributed by atoms with E-state index in [0.717, 1.165) is 13.1 Å². The van der Waals surface area contributed by atoms with Gasteiger partial charge in [-0.05, 0) is 37.4 Å². The van der Waals surface area contributed by atoms with Gasteiger partial charge in [0.05, 0.1) is 0 Å². The molecule has 1 saturated heterocycles. The largest absolute Gasteiger partial charge is 0.371 e. The molecule has 2 rings (SSSR count). The Labute approximate surface area is 92.1 Å². The van der Waals surface area contributed by atoms with Crippen molar-refractivity contribution >= 4 is 5.69 Å². The van der Waals surface area contributed by atoms with Gasteiger partial charge < -0.3 is 10.6 Å². The Morgan fingerprint density at radius 2 is 2.00 bits per heavy atom. The molecule has 15 heavy (non-hydrogen) atoms. The van der Waals surface area contributed by atoms with Crippen LogP contribution in [0.15, 0.2) is 30.3 Å². The maximum Gasteiger partial charge on any atom is 0.0366 e. The van der Waals surface area contributed by atoms with Gasteiger partial charge in [0.1, 0.15) is 0 Å². The third-order valence-corrected chi connectivity index (χ3v) is 3.22. The van der Waals surface area contributed by atoms with Crippen LogP contribution in [0.3, 0.4) is 0 Å². The summed E-state index contributed by atoms with van der Waals surface area (Å²) in [4.78, 5) is 2.48. The van der Waals surface area contributed by atoms with E-state index in [1.165, 1.54) is 31.5 Å². The second-order valence-electron chi connectivity index (χ2n) is 4.38. The van der Waals surface area contributed by atoms with Crippen molar-refractivity contribution in [2.45, 2.75) is 19.3 Å². The van der Waals surface area contributed by atoms with Gasteiger partial charge in [0, 0.05) is 18.8 Å². The van der Waals surface area contributed by atoms with Gasteiger partial charge in [0.25, 0.3) is 0 Å². The molecule has 1 atom stereocenters. The third kappa shape index (κ3) is 2.72. The van der Waals surface area contributed by atoms with Crippen molar-refractivity contribution in [2.75, 3.05) is 24.5 Å². The number of para-hydroxylation sites is 1. The van der Waals surface area contributed by atoms with Gasteiger partial charge in [-0.15, -0.1) is 0 Å². The molecule has 1 fully saturated rings. The minimum absolute atomic E-state index is 0.674. The molecule has 0 radical (unpaired) electrons. The smallest absolute Gasteiger partial charge is 0.0366 e. The molecule has 1 aliphatic heterocycles. The molecule has 0 aliphatic carbocycles. The SMILES string of the molecule is NCC1CCCCN(c2ccccc2)C1. The van der Waals surface area contributed by atoms with Crippen molar-refractivity contribution in [2.24, 2.45) is 11.7 Å². The molecule has 2 heteroatoms. The molecule has 0 amide bonds. The molecule has 2 N–H and O–H groups in total. The zero-order valence-electron chi connectivity index (χ0n) is 9.23. The Kier molecular flexibility index (Phi) is 3.62. The van der Waals surface area contributed by atoms with E-state index < -0.39 is 0 Å². The van der Waals surface area contributed by atoms with Crippen molar-refractivity contribution in [3.63, 3.8) is 0 Å². The summed E-state index contributed by atoms with van der Waals surface area (Å²) < 4.78 is 0. The Balaban J connectivity index is 2.07. The fourth-order valence-corrected chi connectivity index (χ4v) is 2.30. The van der Waals surface area contributed by atoms with Crippen LogP contribution in [0.4, 0.5) is 5.69 Å². The van der Waals surface area contributed by atoms with E-state index in [4.69, 9.17) is 5.73 Å². The van der Waals surface area contributed by atoms with Crippen molar-refractivity contribution < 1.29 is 0 Å². The molecule has 1 unspecified atom stereocenters. The van der Waals surface area contributed by atoms with Crippen LogP contribution in [0.1, 0.15) is 19.3 Å². The first-order valence-corrected chi connectivity index (χ1v) is 5.90. The Morgan fingerprint density at radius 1 is 1.20 bits per heavy atom. The second-order valence-corrected chi connectivity index (χ2v) is 4.38. The number of hydrogen-bond acceptors (Lipinski definition) is 2. The topological polar surface area (TPSA) is 29.3 Å². The van der Waals surface area contributed by atoms with Crippen LogP contribution in [-0.2, 0) is 0 Å². The molecule has 1 aliphatic rings. The molecule has 1 heterocycles. The number of hydrogen-bond donors (Lipinski definition) is 1.